The first kappa shape index (κ1) is 27.6. The molecule has 0 unspecified atom stereocenters. The lowest BCUT2D eigenvalue weighted by Gasteiger charge is -2.37. The van der Waals surface area contributed by atoms with Crippen molar-refractivity contribution < 1.29 is 28.5 Å². The van der Waals surface area contributed by atoms with Gasteiger partial charge < -0.3 is 19.8 Å². The van der Waals surface area contributed by atoms with Crippen molar-refractivity contribution in [2.45, 2.75) is 30.3 Å². The largest absolute Gasteiger partial charge is 0.497 e. The molecule has 3 atom stereocenters. The summed E-state index contributed by atoms with van der Waals surface area (Å²) in [6.45, 7) is 1.64. The number of benzene rings is 2. The molecule has 3 aromatic rings. The number of aliphatic hydroxyl groups excluding tert-OH is 1. The number of ether oxygens (including phenoxy) is 1. The minimum atomic E-state index is -0.879. The van der Waals surface area contributed by atoms with Crippen molar-refractivity contribution in [1.82, 2.24) is 9.88 Å². The summed E-state index contributed by atoms with van der Waals surface area (Å²) in [5.41, 5.74) is 1.25. The van der Waals surface area contributed by atoms with Gasteiger partial charge in [0, 0.05) is 40.9 Å². The molecule has 6 nitrogen and oxygen atoms in total. The van der Waals surface area contributed by atoms with Crippen LogP contribution in [0.5, 0.6) is 5.75 Å². The van der Waals surface area contributed by atoms with E-state index in [4.69, 9.17) is 16.3 Å². The molecule has 2 aromatic carbocycles. The Balaban J connectivity index is 1.36. The summed E-state index contributed by atoms with van der Waals surface area (Å²) in [5, 5.41) is 22.0. The number of likely N-dealkylation sites (tertiary alicyclic amines) is 1. The third-order valence-corrected chi connectivity index (χ3v) is 8.24. The number of hydrogen-bond donors (Lipinski definition) is 2. The number of thioether (sulfide) groups is 1. The molecule has 4 rings (SSSR count). The molecule has 0 amide bonds. The van der Waals surface area contributed by atoms with Gasteiger partial charge in [0.25, 0.3) is 0 Å². The highest BCUT2D eigenvalue weighted by atomic mass is 35.5. The monoisotopic (exact) mass is 550 g/mol. The van der Waals surface area contributed by atoms with Crippen LogP contribution in [0.2, 0.25) is 5.02 Å². The second-order valence-corrected chi connectivity index (χ2v) is 10.8. The number of carbonyl (C=O) groups is 1. The van der Waals surface area contributed by atoms with Crippen LogP contribution in [0.15, 0.2) is 47.5 Å². The highest BCUT2D eigenvalue weighted by molar-refractivity contribution is 7.99. The Labute approximate surface area is 223 Å². The Hall–Kier alpha value is -2.46. The van der Waals surface area contributed by atoms with Crippen LogP contribution in [0.4, 0.5) is 8.78 Å². The van der Waals surface area contributed by atoms with E-state index >= 15 is 0 Å². The fourth-order valence-electron chi connectivity index (χ4n) is 4.92. The van der Waals surface area contributed by atoms with E-state index in [0.717, 1.165) is 12.1 Å². The van der Waals surface area contributed by atoms with E-state index in [1.54, 1.807) is 25.3 Å². The van der Waals surface area contributed by atoms with Crippen molar-refractivity contribution in [3.63, 3.8) is 0 Å². The van der Waals surface area contributed by atoms with E-state index in [0.29, 0.717) is 71.9 Å². The van der Waals surface area contributed by atoms with Crippen molar-refractivity contribution in [3.8, 4) is 5.75 Å². The molecule has 2 heterocycles. The van der Waals surface area contributed by atoms with Crippen LogP contribution in [0, 0.1) is 23.5 Å². The van der Waals surface area contributed by atoms with Crippen LogP contribution in [0.3, 0.4) is 0 Å². The molecule has 198 valence electrons. The van der Waals surface area contributed by atoms with Crippen LogP contribution in [-0.4, -0.2) is 58.6 Å². The molecule has 0 bridgehead atoms. The average Bonchev–Trinajstić information content (AvgIpc) is 2.89. The standard InChI is InChI=1S/C27H29ClF2N2O4S/c1-36-18-4-6-23-19(13-18)26(21(28)14-31-23)24(33)7-2-16-8-9-32(15-20(16)27(34)35)10-11-37-25-12-17(29)3-5-22(25)30/h3-6,12-14,16,20,24,33H,2,7-11,15H2,1H3,(H,34,35)/t16-,20+,24-/m1/s1. The fourth-order valence-corrected chi connectivity index (χ4v) is 6.17. The van der Waals surface area contributed by atoms with Crippen molar-refractivity contribution in [3.05, 3.63) is 64.8 Å². The van der Waals surface area contributed by atoms with Gasteiger partial charge in [0.05, 0.1) is 29.7 Å². The number of rotatable bonds is 10. The lowest BCUT2D eigenvalue weighted by molar-refractivity contribution is -0.146. The molecule has 0 aliphatic carbocycles. The summed E-state index contributed by atoms with van der Waals surface area (Å²) in [5.74, 6) is -1.36. The van der Waals surface area contributed by atoms with Crippen LogP contribution in [0.25, 0.3) is 10.9 Å². The Kier molecular flexibility index (Phi) is 9.23. The second-order valence-electron chi connectivity index (χ2n) is 9.21. The van der Waals surface area contributed by atoms with Gasteiger partial charge in [0.1, 0.15) is 17.4 Å². The number of aromatic nitrogens is 1. The first-order chi connectivity index (χ1) is 17.8. The van der Waals surface area contributed by atoms with Crippen molar-refractivity contribution in [1.29, 1.82) is 0 Å². The maximum absolute atomic E-state index is 13.9. The molecule has 1 aromatic heterocycles. The summed E-state index contributed by atoms with van der Waals surface area (Å²) < 4.78 is 32.6. The van der Waals surface area contributed by atoms with Crippen molar-refractivity contribution >= 4 is 40.2 Å². The topological polar surface area (TPSA) is 82.9 Å². The molecule has 0 saturated carbocycles. The van der Waals surface area contributed by atoms with E-state index in [1.165, 1.54) is 24.0 Å². The smallest absolute Gasteiger partial charge is 0.308 e. The van der Waals surface area contributed by atoms with Crippen molar-refractivity contribution in [2.24, 2.45) is 11.8 Å². The van der Waals surface area contributed by atoms with Gasteiger partial charge in [0.2, 0.25) is 0 Å². The van der Waals surface area contributed by atoms with Gasteiger partial charge in [0.15, 0.2) is 0 Å². The number of hydrogen-bond acceptors (Lipinski definition) is 6. The van der Waals surface area contributed by atoms with Gasteiger partial charge in [-0.05, 0) is 68.1 Å². The first-order valence-corrected chi connectivity index (χ1v) is 13.5. The third-order valence-electron chi connectivity index (χ3n) is 6.93. The predicted octanol–water partition coefficient (Wildman–Crippen LogP) is 5.80. The van der Waals surface area contributed by atoms with E-state index in [1.807, 2.05) is 0 Å². The Morgan fingerprint density at radius 3 is 2.86 bits per heavy atom. The minimum Gasteiger partial charge on any atom is -0.497 e. The number of halogens is 3. The van der Waals surface area contributed by atoms with E-state index in [-0.39, 0.29) is 10.8 Å². The molecule has 37 heavy (non-hydrogen) atoms. The van der Waals surface area contributed by atoms with E-state index < -0.39 is 29.6 Å². The summed E-state index contributed by atoms with van der Waals surface area (Å²) in [6.07, 6.45) is 2.19. The summed E-state index contributed by atoms with van der Waals surface area (Å²) in [4.78, 5) is 18.7. The highest BCUT2D eigenvalue weighted by Gasteiger charge is 2.34. The Morgan fingerprint density at radius 2 is 2.11 bits per heavy atom. The van der Waals surface area contributed by atoms with Gasteiger partial charge in [-0.2, -0.15) is 0 Å². The number of fused-ring (bicyclic) bond motifs is 1. The number of aliphatic carboxylic acids is 1. The fraction of sp³-hybridized carbons (Fsp3) is 0.407. The number of aliphatic hydroxyl groups is 1. The maximum Gasteiger partial charge on any atom is 0.308 e. The number of methoxy groups -OCH3 is 1. The molecule has 0 spiro atoms. The van der Waals surface area contributed by atoms with Crippen molar-refractivity contribution in [2.75, 3.05) is 32.5 Å². The Morgan fingerprint density at radius 1 is 1.30 bits per heavy atom. The number of carboxylic acid groups (broad SMARTS) is 1. The summed E-state index contributed by atoms with van der Waals surface area (Å²) in [7, 11) is 1.56. The predicted molar refractivity (Wildman–Crippen MR) is 140 cm³/mol. The van der Waals surface area contributed by atoms with Gasteiger partial charge >= 0.3 is 5.97 Å². The van der Waals surface area contributed by atoms with Crippen LogP contribution < -0.4 is 4.74 Å². The molecule has 1 aliphatic rings. The number of pyridine rings is 1. The minimum absolute atomic E-state index is 0.0990. The number of carboxylic acids is 1. The van der Waals surface area contributed by atoms with E-state index in [2.05, 4.69) is 9.88 Å². The summed E-state index contributed by atoms with van der Waals surface area (Å²) in [6, 6.07) is 8.75. The zero-order chi connectivity index (χ0) is 26.5. The molecule has 1 aliphatic heterocycles. The van der Waals surface area contributed by atoms with E-state index in [9.17, 15) is 23.8 Å². The number of piperidine rings is 1. The first-order valence-electron chi connectivity index (χ1n) is 12.1. The number of nitrogens with zero attached hydrogens (tertiary/aromatic N) is 2. The quantitative estimate of drug-likeness (QED) is 0.308. The Bertz CT molecular complexity index is 1260. The van der Waals surface area contributed by atoms with Gasteiger partial charge in [-0.3, -0.25) is 9.78 Å². The molecule has 10 heteroatoms. The second kappa shape index (κ2) is 12.4. The van der Waals surface area contributed by atoms with Gasteiger partial charge in [-0.1, -0.05) is 11.6 Å². The third kappa shape index (κ3) is 6.71. The zero-order valence-electron chi connectivity index (χ0n) is 20.4. The molecule has 0 radical (unpaired) electrons. The lowest BCUT2D eigenvalue weighted by Crippen LogP contribution is -2.44. The highest BCUT2D eigenvalue weighted by Crippen LogP contribution is 2.37. The molecular formula is C27H29ClF2N2O4S. The van der Waals surface area contributed by atoms with Gasteiger partial charge in [-0.15, -0.1) is 11.8 Å². The van der Waals surface area contributed by atoms with Gasteiger partial charge in [-0.25, -0.2) is 8.78 Å². The van der Waals surface area contributed by atoms with Crippen LogP contribution in [-0.2, 0) is 4.79 Å². The molecular weight excluding hydrogens is 522 g/mol. The normalized spacial score (nSPS) is 19.2. The molecule has 2 N–H and O–H groups in total. The molecule has 1 fully saturated rings. The maximum atomic E-state index is 13.9. The van der Waals surface area contributed by atoms with Crippen LogP contribution >= 0.6 is 23.4 Å². The SMILES string of the molecule is COc1ccc2ncc(Cl)c([C@H](O)CC[C@@H]3CCN(CCSc4cc(F)ccc4F)C[C@@H]3C(=O)O)c2c1. The lowest BCUT2D eigenvalue weighted by atomic mass is 9.81. The van der Waals surface area contributed by atoms with Crippen LogP contribution in [0.1, 0.15) is 30.9 Å². The molecule has 1 saturated heterocycles. The average molecular weight is 551 g/mol. The summed E-state index contributed by atoms with van der Waals surface area (Å²) >= 11 is 7.63. The zero-order valence-corrected chi connectivity index (χ0v) is 21.9.